The molecule has 0 spiro atoms. The molecule has 0 amide bonds. The van der Waals surface area contributed by atoms with Gasteiger partial charge in [-0.1, -0.05) is 48.5 Å². The van der Waals surface area contributed by atoms with Gasteiger partial charge in [0.05, 0.1) is 5.69 Å². The van der Waals surface area contributed by atoms with Crippen LogP contribution in [-0.4, -0.2) is 14.9 Å². The Kier molecular flexibility index (Phi) is 3.02. The fraction of sp³-hybridized carbons (Fsp3) is 0.0625. The van der Waals surface area contributed by atoms with Crippen molar-refractivity contribution in [1.29, 1.82) is 0 Å². The lowest BCUT2D eigenvalue weighted by Gasteiger charge is -1.99. The molecule has 0 aliphatic carbocycles. The average Bonchev–Trinajstić information content (AvgIpc) is 2.82. The lowest BCUT2D eigenvalue weighted by Crippen LogP contribution is -1.93. The zero-order valence-corrected chi connectivity index (χ0v) is 10.4. The van der Waals surface area contributed by atoms with Gasteiger partial charge in [-0.2, -0.15) is 0 Å². The van der Waals surface area contributed by atoms with E-state index in [1.165, 1.54) is 0 Å². The van der Waals surface area contributed by atoms with Gasteiger partial charge in [0.25, 0.3) is 0 Å². The summed E-state index contributed by atoms with van der Waals surface area (Å²) in [6, 6.07) is 19.8. The van der Waals surface area contributed by atoms with Crippen molar-refractivity contribution in [3.05, 3.63) is 78.0 Å². The van der Waals surface area contributed by atoms with E-state index in [-0.39, 0.29) is 5.88 Å². The van der Waals surface area contributed by atoms with Gasteiger partial charge in [-0.05, 0) is 17.7 Å². The standard InChI is InChI=1S/C16H14N2O/c19-16-14(11-13-7-3-1-4-8-13)12-18(17-16)15-9-5-2-6-10-15/h1-10,12H,11H2,(H,17,19). The molecule has 0 saturated carbocycles. The van der Waals surface area contributed by atoms with Gasteiger partial charge < -0.3 is 5.11 Å². The summed E-state index contributed by atoms with van der Waals surface area (Å²) < 4.78 is 1.70. The lowest BCUT2D eigenvalue weighted by atomic mass is 10.1. The van der Waals surface area contributed by atoms with E-state index >= 15 is 0 Å². The summed E-state index contributed by atoms with van der Waals surface area (Å²) in [5, 5.41) is 14.1. The third kappa shape index (κ3) is 2.50. The zero-order valence-electron chi connectivity index (χ0n) is 10.4. The molecule has 0 unspecified atom stereocenters. The van der Waals surface area contributed by atoms with Crippen LogP contribution >= 0.6 is 0 Å². The van der Waals surface area contributed by atoms with Crippen molar-refractivity contribution < 1.29 is 5.11 Å². The highest BCUT2D eigenvalue weighted by Crippen LogP contribution is 2.20. The number of aromatic hydroxyl groups is 1. The maximum Gasteiger partial charge on any atom is 0.234 e. The molecular formula is C16H14N2O. The van der Waals surface area contributed by atoms with Gasteiger partial charge >= 0.3 is 0 Å². The van der Waals surface area contributed by atoms with Crippen LogP contribution in [-0.2, 0) is 6.42 Å². The Morgan fingerprint density at radius 1 is 0.895 bits per heavy atom. The van der Waals surface area contributed by atoms with Gasteiger partial charge in [0, 0.05) is 18.2 Å². The number of para-hydroxylation sites is 1. The maximum absolute atomic E-state index is 9.92. The molecule has 1 heterocycles. The molecule has 0 saturated heterocycles. The Morgan fingerprint density at radius 3 is 2.21 bits per heavy atom. The summed E-state index contributed by atoms with van der Waals surface area (Å²) in [5.74, 6) is 0.0905. The molecule has 94 valence electrons. The van der Waals surface area contributed by atoms with Crippen LogP contribution in [0.1, 0.15) is 11.1 Å². The number of nitrogens with zero attached hydrogens (tertiary/aromatic N) is 2. The van der Waals surface area contributed by atoms with Crippen LogP contribution in [0.15, 0.2) is 66.9 Å². The van der Waals surface area contributed by atoms with Crippen LogP contribution in [0, 0.1) is 0 Å². The van der Waals surface area contributed by atoms with E-state index in [0.717, 1.165) is 16.8 Å². The highest BCUT2D eigenvalue weighted by Gasteiger charge is 2.09. The highest BCUT2D eigenvalue weighted by atomic mass is 16.3. The van der Waals surface area contributed by atoms with Gasteiger partial charge in [-0.3, -0.25) is 0 Å². The smallest absolute Gasteiger partial charge is 0.234 e. The van der Waals surface area contributed by atoms with Gasteiger partial charge in [0.2, 0.25) is 5.88 Å². The molecule has 0 aliphatic rings. The molecule has 19 heavy (non-hydrogen) atoms. The van der Waals surface area contributed by atoms with Gasteiger partial charge in [-0.15, -0.1) is 5.10 Å². The average molecular weight is 250 g/mol. The minimum atomic E-state index is 0.0905. The van der Waals surface area contributed by atoms with Gasteiger partial charge in [0.1, 0.15) is 0 Å². The fourth-order valence-corrected chi connectivity index (χ4v) is 2.05. The van der Waals surface area contributed by atoms with E-state index in [1.807, 2.05) is 66.9 Å². The Labute approximate surface area is 111 Å². The van der Waals surface area contributed by atoms with Crippen LogP contribution in [0.4, 0.5) is 0 Å². The molecule has 3 aromatic rings. The Morgan fingerprint density at radius 2 is 1.53 bits per heavy atom. The molecule has 0 fully saturated rings. The minimum Gasteiger partial charge on any atom is -0.492 e. The molecule has 2 aromatic carbocycles. The molecule has 0 radical (unpaired) electrons. The van der Waals surface area contributed by atoms with Crippen molar-refractivity contribution >= 4 is 0 Å². The first-order valence-electron chi connectivity index (χ1n) is 6.20. The number of hydrogen-bond acceptors (Lipinski definition) is 2. The molecule has 3 heteroatoms. The third-order valence-electron chi connectivity index (χ3n) is 3.03. The van der Waals surface area contributed by atoms with Crippen LogP contribution < -0.4 is 0 Å². The SMILES string of the molecule is Oc1nn(-c2ccccc2)cc1Cc1ccccc1. The molecule has 3 rings (SSSR count). The fourth-order valence-electron chi connectivity index (χ4n) is 2.05. The summed E-state index contributed by atoms with van der Waals surface area (Å²) in [6.45, 7) is 0. The second-order valence-corrected chi connectivity index (χ2v) is 4.42. The molecule has 0 aliphatic heterocycles. The minimum absolute atomic E-state index is 0.0905. The number of benzene rings is 2. The zero-order chi connectivity index (χ0) is 13.1. The molecular weight excluding hydrogens is 236 g/mol. The predicted octanol–water partition coefficient (Wildman–Crippen LogP) is 3.17. The first-order valence-corrected chi connectivity index (χ1v) is 6.20. The van der Waals surface area contributed by atoms with Crippen molar-refractivity contribution in [1.82, 2.24) is 9.78 Å². The summed E-state index contributed by atoms with van der Waals surface area (Å²) in [5.41, 5.74) is 2.93. The Hall–Kier alpha value is -2.55. The van der Waals surface area contributed by atoms with Gasteiger partial charge in [-0.25, -0.2) is 4.68 Å². The summed E-state index contributed by atoms with van der Waals surface area (Å²) in [6.07, 6.45) is 2.55. The van der Waals surface area contributed by atoms with Gasteiger partial charge in [0.15, 0.2) is 0 Å². The maximum atomic E-state index is 9.92. The first kappa shape index (κ1) is 11.5. The van der Waals surface area contributed by atoms with Crippen LogP contribution in [0.3, 0.4) is 0 Å². The largest absolute Gasteiger partial charge is 0.492 e. The topological polar surface area (TPSA) is 38.1 Å². The van der Waals surface area contributed by atoms with Crippen molar-refractivity contribution in [2.24, 2.45) is 0 Å². The lowest BCUT2D eigenvalue weighted by molar-refractivity contribution is 0.443. The van der Waals surface area contributed by atoms with E-state index < -0.39 is 0 Å². The van der Waals surface area contributed by atoms with E-state index in [2.05, 4.69) is 5.10 Å². The molecule has 1 N–H and O–H groups in total. The van der Waals surface area contributed by atoms with Crippen LogP contribution in [0.2, 0.25) is 0 Å². The Balaban J connectivity index is 1.90. The normalized spacial score (nSPS) is 10.5. The third-order valence-corrected chi connectivity index (χ3v) is 3.03. The second-order valence-electron chi connectivity index (χ2n) is 4.42. The molecule has 0 atom stereocenters. The molecule has 1 aromatic heterocycles. The van der Waals surface area contributed by atoms with E-state index in [4.69, 9.17) is 0 Å². The summed E-state index contributed by atoms with van der Waals surface area (Å²) in [7, 11) is 0. The summed E-state index contributed by atoms with van der Waals surface area (Å²) in [4.78, 5) is 0. The van der Waals surface area contributed by atoms with Crippen molar-refractivity contribution in [2.75, 3.05) is 0 Å². The van der Waals surface area contributed by atoms with E-state index in [9.17, 15) is 5.11 Å². The second kappa shape index (κ2) is 4.98. The molecule has 3 nitrogen and oxygen atoms in total. The number of aromatic nitrogens is 2. The van der Waals surface area contributed by atoms with Crippen LogP contribution in [0.25, 0.3) is 5.69 Å². The number of rotatable bonds is 3. The van der Waals surface area contributed by atoms with E-state index in [1.54, 1.807) is 4.68 Å². The molecule has 0 bridgehead atoms. The van der Waals surface area contributed by atoms with Crippen molar-refractivity contribution in [3.63, 3.8) is 0 Å². The Bertz CT molecular complexity index is 660. The number of hydrogen-bond donors (Lipinski definition) is 1. The summed E-state index contributed by atoms with van der Waals surface area (Å²) >= 11 is 0. The van der Waals surface area contributed by atoms with Crippen molar-refractivity contribution in [3.8, 4) is 11.6 Å². The predicted molar refractivity (Wildman–Crippen MR) is 74.5 cm³/mol. The monoisotopic (exact) mass is 250 g/mol. The van der Waals surface area contributed by atoms with E-state index in [0.29, 0.717) is 6.42 Å². The van der Waals surface area contributed by atoms with Crippen LogP contribution in [0.5, 0.6) is 5.88 Å². The van der Waals surface area contributed by atoms with Crippen molar-refractivity contribution in [2.45, 2.75) is 6.42 Å². The quantitative estimate of drug-likeness (QED) is 0.775. The first-order chi connectivity index (χ1) is 9.33. The highest BCUT2D eigenvalue weighted by molar-refractivity contribution is 5.36.